The minimum atomic E-state index is -0.748. The van der Waals surface area contributed by atoms with Crippen molar-refractivity contribution in [2.45, 2.75) is 0 Å². The number of hydrogen-bond acceptors (Lipinski definition) is 4. The van der Waals surface area contributed by atoms with Crippen LogP contribution in [-0.2, 0) is 14.3 Å². The Hall–Kier alpha value is -1.32. The maximum atomic E-state index is 10.4. The fourth-order valence-corrected chi connectivity index (χ4v) is 0.525. The zero-order chi connectivity index (χ0) is 6.85. The lowest BCUT2D eigenvalue weighted by Crippen LogP contribution is -1.99. The van der Waals surface area contributed by atoms with E-state index in [4.69, 9.17) is 5.11 Å². The third kappa shape index (κ3) is 0.782. The molecule has 0 bridgehead atoms. The van der Waals surface area contributed by atoms with E-state index in [1.165, 1.54) is 0 Å². The molecule has 1 aliphatic heterocycles. The summed E-state index contributed by atoms with van der Waals surface area (Å²) >= 11 is 0. The maximum Gasteiger partial charge on any atom is 0.345 e. The van der Waals surface area contributed by atoms with E-state index >= 15 is 0 Å². The van der Waals surface area contributed by atoms with Gasteiger partial charge in [0.15, 0.2) is 6.61 Å². The second-order valence-electron chi connectivity index (χ2n) is 1.54. The number of cyclic esters (lactones) is 1. The lowest BCUT2D eigenvalue weighted by Gasteiger charge is -1.82. The van der Waals surface area contributed by atoms with E-state index in [0.717, 1.165) is 0 Å². The summed E-state index contributed by atoms with van der Waals surface area (Å²) in [6.07, 6.45) is 0.470. The zero-order valence-corrected chi connectivity index (χ0v) is 4.46. The van der Waals surface area contributed by atoms with Crippen LogP contribution >= 0.6 is 0 Å². The largest absolute Gasteiger partial charge is 0.515 e. The van der Waals surface area contributed by atoms with Crippen molar-refractivity contribution in [1.82, 2.24) is 0 Å². The monoisotopic (exact) mass is 128 g/mol. The lowest BCUT2D eigenvalue weighted by atomic mass is 10.2. The number of esters is 1. The van der Waals surface area contributed by atoms with Crippen molar-refractivity contribution >= 4 is 11.8 Å². The highest BCUT2D eigenvalue weighted by atomic mass is 16.5. The van der Waals surface area contributed by atoms with Gasteiger partial charge in [-0.3, -0.25) is 4.79 Å². The number of hydrogen-bond donors (Lipinski definition) is 1. The van der Waals surface area contributed by atoms with E-state index in [2.05, 4.69) is 4.74 Å². The van der Waals surface area contributed by atoms with Crippen LogP contribution in [0.2, 0.25) is 0 Å². The van der Waals surface area contributed by atoms with Crippen molar-refractivity contribution < 1.29 is 19.4 Å². The van der Waals surface area contributed by atoms with Gasteiger partial charge in [0.1, 0.15) is 5.57 Å². The predicted octanol–water partition coefficient (Wildman–Crippen LogP) is -0.446. The average Bonchev–Trinajstić information content (AvgIpc) is 2.12. The third-order valence-electron chi connectivity index (χ3n) is 0.984. The van der Waals surface area contributed by atoms with E-state index in [0.29, 0.717) is 6.26 Å². The first-order valence-corrected chi connectivity index (χ1v) is 2.30. The third-order valence-corrected chi connectivity index (χ3v) is 0.984. The molecule has 0 aromatic heterocycles. The molecule has 0 spiro atoms. The molecule has 0 radical (unpaired) electrons. The van der Waals surface area contributed by atoms with E-state index in [9.17, 15) is 9.59 Å². The highest BCUT2D eigenvalue weighted by molar-refractivity contribution is 6.21. The van der Waals surface area contributed by atoms with Gasteiger partial charge in [0.05, 0.1) is 6.26 Å². The molecular formula is C5H4O4. The predicted molar refractivity (Wildman–Crippen MR) is 26.7 cm³/mol. The Morgan fingerprint density at radius 1 is 1.56 bits per heavy atom. The van der Waals surface area contributed by atoms with Gasteiger partial charge in [0.25, 0.3) is 0 Å². The van der Waals surface area contributed by atoms with Gasteiger partial charge in [0, 0.05) is 0 Å². The average molecular weight is 128 g/mol. The first kappa shape index (κ1) is 5.81. The van der Waals surface area contributed by atoms with Gasteiger partial charge in [0.2, 0.25) is 5.78 Å². The Morgan fingerprint density at radius 2 is 2.22 bits per heavy atom. The highest BCUT2D eigenvalue weighted by Crippen LogP contribution is 2.06. The lowest BCUT2D eigenvalue weighted by molar-refractivity contribution is -0.135. The minimum Gasteiger partial charge on any atom is -0.515 e. The van der Waals surface area contributed by atoms with Gasteiger partial charge in [-0.05, 0) is 0 Å². The van der Waals surface area contributed by atoms with Gasteiger partial charge in [-0.15, -0.1) is 0 Å². The van der Waals surface area contributed by atoms with E-state index in [1.54, 1.807) is 0 Å². The molecule has 4 nitrogen and oxygen atoms in total. The Bertz CT molecular complexity index is 173. The Kier molecular flexibility index (Phi) is 1.22. The fraction of sp³-hybridized carbons (Fsp3) is 0.200. The zero-order valence-electron chi connectivity index (χ0n) is 4.46. The molecule has 48 valence electrons. The molecule has 1 rings (SSSR count). The molecular weight excluding hydrogens is 124 g/mol. The number of carbonyl (C=O) groups excluding carboxylic acids is 2. The first-order chi connectivity index (χ1) is 4.25. The summed E-state index contributed by atoms with van der Waals surface area (Å²) in [6.45, 7) is -0.245. The van der Waals surface area contributed by atoms with Gasteiger partial charge >= 0.3 is 5.97 Å². The van der Waals surface area contributed by atoms with Crippen molar-refractivity contribution in [3.63, 3.8) is 0 Å². The summed E-state index contributed by atoms with van der Waals surface area (Å²) in [7, 11) is 0. The number of aliphatic hydroxyl groups is 1. The molecule has 4 heteroatoms. The molecule has 0 atom stereocenters. The fourth-order valence-electron chi connectivity index (χ4n) is 0.525. The van der Waals surface area contributed by atoms with Crippen molar-refractivity contribution in [2.24, 2.45) is 0 Å². The molecule has 9 heavy (non-hydrogen) atoms. The van der Waals surface area contributed by atoms with Crippen LogP contribution in [0.5, 0.6) is 0 Å². The molecule has 1 aliphatic rings. The summed E-state index contributed by atoms with van der Waals surface area (Å²) in [5.41, 5.74) is -0.269. The summed E-state index contributed by atoms with van der Waals surface area (Å²) in [6, 6.07) is 0. The van der Waals surface area contributed by atoms with Crippen LogP contribution in [-0.4, -0.2) is 23.5 Å². The second-order valence-corrected chi connectivity index (χ2v) is 1.54. The number of Topliss-reactive ketones (excluding diaryl/α,β-unsaturated/α-hetero) is 1. The van der Waals surface area contributed by atoms with Crippen LogP contribution in [0.4, 0.5) is 0 Å². The summed E-state index contributed by atoms with van der Waals surface area (Å²) < 4.78 is 4.25. The highest BCUT2D eigenvalue weighted by Gasteiger charge is 2.27. The van der Waals surface area contributed by atoms with Gasteiger partial charge in [-0.1, -0.05) is 0 Å². The van der Waals surface area contributed by atoms with E-state index in [-0.39, 0.29) is 12.2 Å². The Balaban J connectivity index is 2.91. The molecule has 0 amide bonds. The smallest absolute Gasteiger partial charge is 0.345 e. The molecule has 0 aliphatic carbocycles. The number of ketones is 1. The van der Waals surface area contributed by atoms with Crippen LogP contribution in [0.3, 0.4) is 0 Å². The van der Waals surface area contributed by atoms with Gasteiger partial charge in [-0.25, -0.2) is 4.79 Å². The minimum absolute atomic E-state index is 0.245. The summed E-state index contributed by atoms with van der Waals surface area (Å²) in [5.74, 6) is -1.22. The number of rotatable bonds is 0. The topological polar surface area (TPSA) is 63.6 Å². The van der Waals surface area contributed by atoms with E-state index < -0.39 is 11.8 Å². The summed E-state index contributed by atoms with van der Waals surface area (Å²) in [4.78, 5) is 20.8. The van der Waals surface area contributed by atoms with Crippen molar-refractivity contribution in [3.05, 3.63) is 11.8 Å². The summed E-state index contributed by atoms with van der Waals surface area (Å²) in [5, 5.41) is 8.22. The SMILES string of the molecule is O=C1COC(=O)C1=CO. The van der Waals surface area contributed by atoms with Crippen LogP contribution in [0, 0.1) is 0 Å². The Labute approximate surface area is 50.7 Å². The van der Waals surface area contributed by atoms with Gasteiger partial charge in [-0.2, -0.15) is 0 Å². The maximum absolute atomic E-state index is 10.4. The van der Waals surface area contributed by atoms with E-state index in [1.807, 2.05) is 0 Å². The van der Waals surface area contributed by atoms with Crippen LogP contribution in [0.15, 0.2) is 11.8 Å². The van der Waals surface area contributed by atoms with Crippen LogP contribution in [0.25, 0.3) is 0 Å². The molecule has 1 heterocycles. The molecule has 1 saturated heterocycles. The molecule has 1 N–H and O–H groups in total. The van der Waals surface area contributed by atoms with Crippen molar-refractivity contribution in [1.29, 1.82) is 0 Å². The van der Waals surface area contributed by atoms with Crippen LogP contribution in [0.1, 0.15) is 0 Å². The number of aliphatic hydroxyl groups excluding tert-OH is 1. The van der Waals surface area contributed by atoms with Crippen LogP contribution < -0.4 is 0 Å². The molecule has 0 aromatic rings. The quantitative estimate of drug-likeness (QED) is 0.208. The number of carbonyl (C=O) groups is 2. The molecule has 0 unspecified atom stereocenters. The first-order valence-electron chi connectivity index (χ1n) is 2.30. The Morgan fingerprint density at radius 3 is 2.44 bits per heavy atom. The standard InChI is InChI=1S/C5H4O4/c6-1-3-4(7)2-9-5(3)8/h1,6H,2H2. The van der Waals surface area contributed by atoms with Gasteiger partial charge < -0.3 is 9.84 Å². The second kappa shape index (κ2) is 1.89. The normalized spacial score (nSPS) is 22.9. The number of ether oxygens (including phenoxy) is 1. The van der Waals surface area contributed by atoms with Crippen molar-refractivity contribution in [3.8, 4) is 0 Å². The van der Waals surface area contributed by atoms with Crippen molar-refractivity contribution in [2.75, 3.05) is 6.61 Å². The molecule has 0 saturated carbocycles. The molecule has 1 fully saturated rings. The molecule has 0 aromatic carbocycles.